The number of ether oxygens (including phenoxy) is 2. The van der Waals surface area contributed by atoms with E-state index in [1.807, 2.05) is 31.2 Å². The Bertz CT molecular complexity index is 916. The van der Waals surface area contributed by atoms with Gasteiger partial charge < -0.3 is 14.8 Å². The first-order valence-electron chi connectivity index (χ1n) is 8.19. The molecule has 7 heteroatoms. The van der Waals surface area contributed by atoms with Crippen LogP contribution in [0.25, 0.3) is 0 Å². The van der Waals surface area contributed by atoms with Gasteiger partial charge in [-0.25, -0.2) is 9.59 Å². The molecule has 2 bridgehead atoms. The first-order chi connectivity index (χ1) is 12.4. The summed E-state index contributed by atoms with van der Waals surface area (Å²) < 4.78 is 11.9. The second-order valence-electron chi connectivity index (χ2n) is 6.54. The van der Waals surface area contributed by atoms with E-state index in [4.69, 9.17) is 9.47 Å². The zero-order valence-electron chi connectivity index (χ0n) is 14.3. The fourth-order valence-electron chi connectivity index (χ4n) is 3.63. The van der Waals surface area contributed by atoms with Crippen molar-refractivity contribution in [3.8, 4) is 5.75 Å². The minimum absolute atomic E-state index is 0.232. The maximum atomic E-state index is 12.8. The Hall–Kier alpha value is -2.54. The van der Waals surface area contributed by atoms with Crippen LogP contribution >= 0.6 is 15.9 Å². The fraction of sp³-hybridized carbons (Fsp3) is 0.263. The fourth-order valence-corrected chi connectivity index (χ4v) is 4.01. The molecule has 0 unspecified atom stereocenters. The quantitative estimate of drug-likeness (QED) is 0.751. The Labute approximate surface area is 159 Å². The Kier molecular flexibility index (Phi) is 3.91. The molecule has 0 aromatic heterocycles. The van der Waals surface area contributed by atoms with Gasteiger partial charge in [0.05, 0.1) is 24.4 Å². The van der Waals surface area contributed by atoms with Crippen molar-refractivity contribution in [2.45, 2.75) is 25.1 Å². The van der Waals surface area contributed by atoms with E-state index in [-0.39, 0.29) is 12.1 Å². The molecule has 1 saturated heterocycles. The molecule has 0 radical (unpaired) electrons. The van der Waals surface area contributed by atoms with Gasteiger partial charge in [0.25, 0.3) is 0 Å². The lowest BCUT2D eigenvalue weighted by Gasteiger charge is -2.50. The average molecular weight is 417 g/mol. The van der Waals surface area contributed by atoms with Crippen LogP contribution in [0.4, 0.5) is 10.5 Å². The molecule has 1 N–H and O–H groups in total. The third-order valence-corrected chi connectivity index (χ3v) is 5.25. The minimum Gasteiger partial charge on any atom is -0.467 e. The highest BCUT2D eigenvalue weighted by Gasteiger charge is 2.50. The first-order valence-corrected chi connectivity index (χ1v) is 8.98. The number of amides is 2. The summed E-state index contributed by atoms with van der Waals surface area (Å²) in [5.74, 6) is 0.232. The predicted molar refractivity (Wildman–Crippen MR) is 99.3 cm³/mol. The monoisotopic (exact) mass is 416 g/mol. The number of rotatable bonds is 2. The summed E-state index contributed by atoms with van der Waals surface area (Å²) in [5, 5.41) is 3.02. The van der Waals surface area contributed by atoms with E-state index in [1.165, 1.54) is 7.11 Å². The number of hydrogen-bond acceptors (Lipinski definition) is 4. The molecule has 26 heavy (non-hydrogen) atoms. The summed E-state index contributed by atoms with van der Waals surface area (Å²) in [6, 6.07) is 12.2. The lowest BCUT2D eigenvalue weighted by atomic mass is 9.89. The van der Waals surface area contributed by atoms with Gasteiger partial charge >= 0.3 is 12.0 Å². The molecule has 4 rings (SSSR count). The molecule has 2 aliphatic rings. The summed E-state index contributed by atoms with van der Waals surface area (Å²) in [6.07, 6.45) is 0.558. The molecular weight excluding hydrogens is 400 g/mol. The zero-order valence-corrected chi connectivity index (χ0v) is 15.9. The number of nitrogens with zero attached hydrogens (tertiary/aromatic N) is 1. The number of esters is 1. The Morgan fingerprint density at radius 2 is 2.15 bits per heavy atom. The van der Waals surface area contributed by atoms with Crippen LogP contribution in [0.2, 0.25) is 0 Å². The summed E-state index contributed by atoms with van der Waals surface area (Å²) in [7, 11) is 1.34. The highest BCUT2D eigenvalue weighted by Crippen LogP contribution is 2.46. The van der Waals surface area contributed by atoms with Crippen molar-refractivity contribution in [3.63, 3.8) is 0 Å². The van der Waals surface area contributed by atoms with Gasteiger partial charge in [-0.2, -0.15) is 0 Å². The first kappa shape index (κ1) is 16.9. The van der Waals surface area contributed by atoms with Crippen LogP contribution in [0.15, 0.2) is 46.9 Å². The van der Waals surface area contributed by atoms with Crippen molar-refractivity contribution >= 4 is 33.6 Å². The molecule has 2 aromatic carbocycles. The van der Waals surface area contributed by atoms with Gasteiger partial charge in [0.2, 0.25) is 0 Å². The molecule has 134 valence electrons. The van der Waals surface area contributed by atoms with Gasteiger partial charge in [-0.1, -0.05) is 22.0 Å². The van der Waals surface area contributed by atoms with Gasteiger partial charge in [0.15, 0.2) is 5.72 Å². The second kappa shape index (κ2) is 6.02. The molecule has 0 spiro atoms. The zero-order chi connectivity index (χ0) is 18.5. The number of nitrogens with one attached hydrogen (secondary N) is 1. The van der Waals surface area contributed by atoms with Crippen LogP contribution in [-0.4, -0.2) is 24.8 Å². The van der Waals surface area contributed by atoms with Crippen molar-refractivity contribution in [2.75, 3.05) is 12.0 Å². The van der Waals surface area contributed by atoms with Crippen molar-refractivity contribution in [1.29, 1.82) is 0 Å². The van der Waals surface area contributed by atoms with Gasteiger partial charge in [0.1, 0.15) is 5.75 Å². The number of fused-ring (bicyclic) bond motifs is 4. The lowest BCUT2D eigenvalue weighted by Crippen LogP contribution is -2.65. The van der Waals surface area contributed by atoms with Crippen LogP contribution in [0.5, 0.6) is 5.75 Å². The van der Waals surface area contributed by atoms with E-state index in [0.717, 1.165) is 15.7 Å². The Balaban J connectivity index is 1.76. The van der Waals surface area contributed by atoms with E-state index in [1.54, 1.807) is 23.1 Å². The second-order valence-corrected chi connectivity index (χ2v) is 7.46. The van der Waals surface area contributed by atoms with Crippen LogP contribution < -0.4 is 15.0 Å². The summed E-state index contributed by atoms with van der Waals surface area (Å²) in [6.45, 7) is 1.90. The summed E-state index contributed by atoms with van der Waals surface area (Å²) >= 11 is 3.45. The van der Waals surface area contributed by atoms with Crippen molar-refractivity contribution < 1.29 is 19.1 Å². The topological polar surface area (TPSA) is 67.9 Å². The van der Waals surface area contributed by atoms with Crippen molar-refractivity contribution in [3.05, 3.63) is 58.1 Å². The molecule has 0 saturated carbocycles. The Morgan fingerprint density at radius 1 is 1.35 bits per heavy atom. The Morgan fingerprint density at radius 3 is 2.88 bits per heavy atom. The number of carbonyl (C=O) groups is 2. The molecule has 2 aliphatic heterocycles. The molecule has 2 heterocycles. The highest BCUT2D eigenvalue weighted by atomic mass is 79.9. The SMILES string of the molecule is COC(=O)c1ccc2c(c1)[C@@H]1C[C@@](C)(O2)N(c2cccc(Br)c2)C(=O)N1. The number of carbonyl (C=O) groups excluding carboxylic acids is 2. The highest BCUT2D eigenvalue weighted by molar-refractivity contribution is 9.10. The molecule has 2 atom stereocenters. The molecule has 2 amide bonds. The average Bonchev–Trinajstić information content (AvgIpc) is 2.60. The van der Waals surface area contributed by atoms with Gasteiger partial charge in [0, 0.05) is 16.5 Å². The molecular formula is C19H17BrN2O4. The van der Waals surface area contributed by atoms with E-state index in [9.17, 15) is 9.59 Å². The van der Waals surface area contributed by atoms with Crippen LogP contribution in [0.1, 0.15) is 35.3 Å². The summed E-state index contributed by atoms with van der Waals surface area (Å²) in [5.41, 5.74) is 1.13. The van der Waals surface area contributed by atoms with Crippen molar-refractivity contribution in [1.82, 2.24) is 5.32 Å². The number of urea groups is 1. The lowest BCUT2D eigenvalue weighted by molar-refractivity contribution is 0.0377. The van der Waals surface area contributed by atoms with Gasteiger partial charge in [-0.15, -0.1) is 0 Å². The van der Waals surface area contributed by atoms with Crippen LogP contribution in [0.3, 0.4) is 0 Å². The van der Waals surface area contributed by atoms with Crippen LogP contribution in [0, 0.1) is 0 Å². The number of methoxy groups -OCH3 is 1. The molecule has 0 aliphatic carbocycles. The van der Waals surface area contributed by atoms with Crippen molar-refractivity contribution in [2.24, 2.45) is 0 Å². The van der Waals surface area contributed by atoms with E-state index in [0.29, 0.717) is 17.7 Å². The van der Waals surface area contributed by atoms with Gasteiger partial charge in [-0.05, 0) is 43.3 Å². The number of halogens is 1. The molecule has 1 fully saturated rings. The standard InChI is InChI=1S/C19H17BrN2O4/c1-19-10-15(14-8-11(17(23)25-2)6-7-16(14)26-19)21-18(24)22(19)13-5-3-4-12(20)9-13/h3-9,15H,10H2,1-2H3,(H,21,24)/t15-,19+/m0/s1. The third-order valence-electron chi connectivity index (χ3n) is 4.76. The molecule has 6 nitrogen and oxygen atoms in total. The predicted octanol–water partition coefficient (Wildman–Crippen LogP) is 4.01. The molecule has 2 aromatic rings. The number of benzene rings is 2. The van der Waals surface area contributed by atoms with Crippen LogP contribution in [-0.2, 0) is 4.74 Å². The third kappa shape index (κ3) is 2.63. The van der Waals surface area contributed by atoms with E-state index < -0.39 is 11.7 Å². The van der Waals surface area contributed by atoms with E-state index in [2.05, 4.69) is 21.2 Å². The maximum Gasteiger partial charge on any atom is 0.337 e. The van der Waals surface area contributed by atoms with Gasteiger partial charge in [-0.3, -0.25) is 4.90 Å². The minimum atomic E-state index is -0.826. The largest absolute Gasteiger partial charge is 0.467 e. The number of anilines is 1. The number of hydrogen-bond donors (Lipinski definition) is 1. The normalized spacial score (nSPS) is 23.6. The summed E-state index contributed by atoms with van der Waals surface area (Å²) in [4.78, 5) is 26.3. The maximum absolute atomic E-state index is 12.8. The van der Waals surface area contributed by atoms with E-state index >= 15 is 0 Å². The smallest absolute Gasteiger partial charge is 0.337 e.